The topological polar surface area (TPSA) is 96.4 Å². The van der Waals surface area contributed by atoms with Crippen molar-refractivity contribution in [3.05, 3.63) is 68.6 Å². The van der Waals surface area contributed by atoms with E-state index in [1.807, 2.05) is 19.1 Å². The van der Waals surface area contributed by atoms with Gasteiger partial charge in [0, 0.05) is 28.4 Å². The fraction of sp³-hybridized carbons (Fsp3) is 0.158. The van der Waals surface area contributed by atoms with E-state index in [1.54, 1.807) is 12.1 Å². The quantitative estimate of drug-likeness (QED) is 0.523. The number of aromatic carboxylic acids is 1. The molecule has 0 saturated heterocycles. The van der Waals surface area contributed by atoms with Gasteiger partial charge in [0.1, 0.15) is 5.01 Å². The maximum atomic E-state index is 12.5. The molecule has 1 heterocycles. The molecule has 0 aliphatic heterocycles. The highest BCUT2D eigenvalue weighted by Gasteiger charge is 2.18. The van der Waals surface area contributed by atoms with Crippen LogP contribution in [-0.2, 0) is 16.4 Å². The molecule has 0 atom stereocenters. The van der Waals surface area contributed by atoms with E-state index >= 15 is 0 Å². The smallest absolute Gasteiger partial charge is 0.337 e. The number of aromatic nitrogens is 1. The van der Waals surface area contributed by atoms with Crippen LogP contribution in [0.3, 0.4) is 0 Å². The van der Waals surface area contributed by atoms with E-state index in [9.17, 15) is 13.2 Å². The summed E-state index contributed by atoms with van der Waals surface area (Å²) in [7, 11) is -3.88. The second-order valence-electron chi connectivity index (χ2n) is 6.12. The molecule has 0 bridgehead atoms. The Labute approximate surface area is 182 Å². The van der Waals surface area contributed by atoms with Gasteiger partial charge in [-0.25, -0.2) is 22.9 Å². The van der Waals surface area contributed by atoms with Gasteiger partial charge in [0.2, 0.25) is 10.0 Å². The van der Waals surface area contributed by atoms with Crippen molar-refractivity contribution in [1.29, 1.82) is 0 Å². The molecule has 0 aliphatic rings. The van der Waals surface area contributed by atoms with Crippen LogP contribution in [0.4, 0.5) is 0 Å². The van der Waals surface area contributed by atoms with Gasteiger partial charge >= 0.3 is 5.97 Å². The Morgan fingerprint density at radius 2 is 1.86 bits per heavy atom. The molecule has 29 heavy (non-hydrogen) atoms. The number of aryl methyl sites for hydroxylation is 1. The second-order valence-corrected chi connectivity index (χ2v) is 9.94. The Morgan fingerprint density at radius 1 is 1.17 bits per heavy atom. The van der Waals surface area contributed by atoms with Crippen LogP contribution in [0.1, 0.15) is 20.9 Å². The lowest BCUT2D eigenvalue weighted by Gasteiger charge is -2.08. The van der Waals surface area contributed by atoms with Crippen LogP contribution in [0.15, 0.2) is 47.4 Å². The maximum absolute atomic E-state index is 12.5. The van der Waals surface area contributed by atoms with Gasteiger partial charge in [-0.15, -0.1) is 11.3 Å². The summed E-state index contributed by atoms with van der Waals surface area (Å²) in [6, 6.07) is 10.9. The lowest BCUT2D eigenvalue weighted by Crippen LogP contribution is -2.26. The van der Waals surface area contributed by atoms with E-state index in [0.29, 0.717) is 11.4 Å². The average molecular weight is 471 g/mol. The first-order valence-corrected chi connectivity index (χ1v) is 11.5. The third kappa shape index (κ3) is 5.15. The van der Waals surface area contributed by atoms with Gasteiger partial charge in [-0.1, -0.05) is 35.3 Å². The van der Waals surface area contributed by atoms with E-state index in [2.05, 4.69) is 9.71 Å². The molecule has 6 nitrogen and oxygen atoms in total. The van der Waals surface area contributed by atoms with E-state index in [-0.39, 0.29) is 22.0 Å². The van der Waals surface area contributed by atoms with Crippen molar-refractivity contribution in [1.82, 2.24) is 9.71 Å². The average Bonchev–Trinajstić information content (AvgIpc) is 3.03. The Kier molecular flexibility index (Phi) is 6.60. The Bertz CT molecular complexity index is 1160. The first kappa shape index (κ1) is 21.7. The number of sulfonamides is 1. The van der Waals surface area contributed by atoms with Crippen LogP contribution in [0.5, 0.6) is 0 Å². The first-order chi connectivity index (χ1) is 13.7. The molecule has 1 aromatic heterocycles. The van der Waals surface area contributed by atoms with Crippen molar-refractivity contribution in [2.75, 3.05) is 6.54 Å². The van der Waals surface area contributed by atoms with Gasteiger partial charge in [0.05, 0.1) is 21.2 Å². The molecule has 0 radical (unpaired) electrons. The van der Waals surface area contributed by atoms with Crippen LogP contribution >= 0.6 is 34.5 Å². The van der Waals surface area contributed by atoms with Gasteiger partial charge in [-0.3, -0.25) is 0 Å². The fourth-order valence-electron chi connectivity index (χ4n) is 2.60. The molecule has 152 valence electrons. The predicted molar refractivity (Wildman–Crippen MR) is 115 cm³/mol. The van der Waals surface area contributed by atoms with Crippen molar-refractivity contribution >= 4 is 50.5 Å². The molecule has 10 heteroatoms. The molecule has 0 spiro atoms. The van der Waals surface area contributed by atoms with Crippen LogP contribution in [0, 0.1) is 6.92 Å². The largest absolute Gasteiger partial charge is 0.478 e. The summed E-state index contributed by atoms with van der Waals surface area (Å²) in [6.07, 6.45) is 0.397. The minimum Gasteiger partial charge on any atom is -0.478 e. The van der Waals surface area contributed by atoms with E-state index in [0.717, 1.165) is 27.2 Å². The summed E-state index contributed by atoms with van der Waals surface area (Å²) in [5.74, 6) is -1.29. The summed E-state index contributed by atoms with van der Waals surface area (Å²) in [5, 5.41) is 10.6. The molecule has 0 unspecified atom stereocenters. The Hall–Kier alpha value is -1.97. The summed E-state index contributed by atoms with van der Waals surface area (Å²) < 4.78 is 27.4. The van der Waals surface area contributed by atoms with Crippen molar-refractivity contribution in [2.24, 2.45) is 0 Å². The molecule has 0 fully saturated rings. The molecule has 3 rings (SSSR count). The predicted octanol–water partition coefficient (Wildman–Crippen LogP) is 4.64. The van der Waals surface area contributed by atoms with Gasteiger partial charge in [0.15, 0.2) is 0 Å². The number of nitrogens with one attached hydrogen (secondary N) is 1. The zero-order chi connectivity index (χ0) is 21.2. The first-order valence-electron chi connectivity index (χ1n) is 8.42. The van der Waals surface area contributed by atoms with Crippen LogP contribution < -0.4 is 4.72 Å². The SMILES string of the molecule is Cc1sc(-c2ccc(Cl)cc2)nc1CCNS(=O)(=O)c1ccc(Cl)c(C(=O)O)c1. The van der Waals surface area contributed by atoms with Crippen molar-refractivity contribution in [3.63, 3.8) is 0 Å². The maximum Gasteiger partial charge on any atom is 0.337 e. The van der Waals surface area contributed by atoms with Gasteiger partial charge in [-0.05, 0) is 37.3 Å². The molecule has 0 saturated carbocycles. The molecule has 0 aliphatic carbocycles. The highest BCUT2D eigenvalue weighted by molar-refractivity contribution is 7.89. The number of halogens is 2. The summed E-state index contributed by atoms with van der Waals surface area (Å²) in [6.45, 7) is 2.05. The third-order valence-corrected chi connectivity index (χ3v) is 7.22. The zero-order valence-electron chi connectivity index (χ0n) is 15.1. The molecular weight excluding hydrogens is 455 g/mol. The summed E-state index contributed by atoms with van der Waals surface area (Å²) in [5.41, 5.74) is 1.47. The van der Waals surface area contributed by atoms with Gasteiger partial charge < -0.3 is 5.11 Å². The lowest BCUT2D eigenvalue weighted by molar-refractivity contribution is 0.0697. The standard InChI is InChI=1S/C19H16Cl2N2O4S2/c1-11-17(23-18(28-11)12-2-4-13(20)5-3-12)8-9-22-29(26,27)14-6-7-16(21)15(10-14)19(24)25/h2-7,10,22H,8-9H2,1H3,(H,24,25). The van der Waals surface area contributed by atoms with Crippen molar-refractivity contribution in [3.8, 4) is 10.6 Å². The molecular formula is C19H16Cl2N2O4S2. The highest BCUT2D eigenvalue weighted by atomic mass is 35.5. The van der Waals surface area contributed by atoms with E-state index < -0.39 is 16.0 Å². The minimum absolute atomic E-state index is 0.0238. The van der Waals surface area contributed by atoms with Gasteiger partial charge in [0.25, 0.3) is 0 Å². The molecule has 3 aromatic rings. The summed E-state index contributed by atoms with van der Waals surface area (Å²) >= 11 is 13.2. The number of carboxylic acid groups (broad SMARTS) is 1. The van der Waals surface area contributed by atoms with Crippen LogP contribution in [0.25, 0.3) is 10.6 Å². The lowest BCUT2D eigenvalue weighted by atomic mass is 10.2. The third-order valence-electron chi connectivity index (χ3n) is 4.12. The number of benzene rings is 2. The number of thiazole rings is 1. The Balaban J connectivity index is 1.70. The number of hydrogen-bond acceptors (Lipinski definition) is 5. The molecule has 0 amide bonds. The Morgan fingerprint density at radius 3 is 2.52 bits per heavy atom. The number of rotatable bonds is 7. The minimum atomic E-state index is -3.88. The monoisotopic (exact) mass is 470 g/mol. The van der Waals surface area contributed by atoms with Gasteiger partial charge in [-0.2, -0.15) is 0 Å². The normalized spacial score (nSPS) is 11.6. The van der Waals surface area contributed by atoms with Crippen molar-refractivity contribution < 1.29 is 18.3 Å². The van der Waals surface area contributed by atoms with E-state index in [1.165, 1.54) is 23.5 Å². The molecule has 2 N–H and O–H groups in total. The number of nitrogens with zero attached hydrogens (tertiary/aromatic N) is 1. The number of hydrogen-bond donors (Lipinski definition) is 2. The number of carboxylic acids is 1. The van der Waals surface area contributed by atoms with Crippen LogP contribution in [-0.4, -0.2) is 31.0 Å². The summed E-state index contributed by atoms with van der Waals surface area (Å²) in [4.78, 5) is 16.6. The van der Waals surface area contributed by atoms with Crippen molar-refractivity contribution in [2.45, 2.75) is 18.2 Å². The zero-order valence-corrected chi connectivity index (χ0v) is 18.3. The second kappa shape index (κ2) is 8.81. The highest BCUT2D eigenvalue weighted by Crippen LogP contribution is 2.28. The van der Waals surface area contributed by atoms with Crippen LogP contribution in [0.2, 0.25) is 10.0 Å². The fourth-order valence-corrected chi connectivity index (χ4v) is 4.95. The number of carbonyl (C=O) groups is 1. The van der Waals surface area contributed by atoms with E-state index in [4.69, 9.17) is 28.3 Å². The molecule has 2 aromatic carbocycles.